The van der Waals surface area contributed by atoms with Crippen molar-refractivity contribution < 1.29 is 14.3 Å². The molecule has 0 bridgehead atoms. The van der Waals surface area contributed by atoms with Gasteiger partial charge in [-0.1, -0.05) is 0 Å². The summed E-state index contributed by atoms with van der Waals surface area (Å²) in [5.74, 6) is 1.35. The molecule has 29 heavy (non-hydrogen) atoms. The Balaban J connectivity index is 1.74. The zero-order chi connectivity index (χ0) is 21.0. The molecule has 3 rings (SSSR count). The standard InChI is InChI=1S/C23H28N2O3S/c1-15(18-5-6-18)25(20-9-11-21(28-4)12-10-20)23(27)16(2)29-22-13-7-19(8-14-22)24-17(3)26/h7-16,18H,5-6H2,1-4H3,(H,24,26). The van der Waals surface area contributed by atoms with Crippen molar-refractivity contribution in [1.82, 2.24) is 0 Å². The Morgan fingerprint density at radius 1 is 1.07 bits per heavy atom. The molecule has 2 aromatic rings. The summed E-state index contributed by atoms with van der Waals surface area (Å²) in [5, 5.41) is 2.53. The molecule has 0 aliphatic heterocycles. The van der Waals surface area contributed by atoms with Crippen LogP contribution < -0.4 is 15.0 Å². The highest BCUT2D eigenvalue weighted by atomic mass is 32.2. The second-order valence-electron chi connectivity index (χ2n) is 7.45. The molecule has 2 unspecified atom stereocenters. The molecule has 2 aromatic carbocycles. The number of benzene rings is 2. The largest absolute Gasteiger partial charge is 0.497 e. The smallest absolute Gasteiger partial charge is 0.240 e. The van der Waals surface area contributed by atoms with Gasteiger partial charge in [0.05, 0.1) is 12.4 Å². The van der Waals surface area contributed by atoms with Gasteiger partial charge in [-0.15, -0.1) is 11.8 Å². The third-order valence-electron chi connectivity index (χ3n) is 5.13. The molecule has 1 saturated carbocycles. The molecular weight excluding hydrogens is 384 g/mol. The number of hydrogen-bond donors (Lipinski definition) is 1. The van der Waals surface area contributed by atoms with Gasteiger partial charge in [0.2, 0.25) is 11.8 Å². The molecule has 1 aliphatic carbocycles. The zero-order valence-electron chi connectivity index (χ0n) is 17.3. The van der Waals surface area contributed by atoms with E-state index in [0.29, 0.717) is 5.92 Å². The van der Waals surface area contributed by atoms with Gasteiger partial charge in [0.25, 0.3) is 0 Å². The first-order valence-corrected chi connectivity index (χ1v) is 10.8. The van der Waals surface area contributed by atoms with Crippen LogP contribution in [0, 0.1) is 5.92 Å². The van der Waals surface area contributed by atoms with Crippen LogP contribution >= 0.6 is 11.8 Å². The Kier molecular flexibility index (Phi) is 6.85. The Morgan fingerprint density at radius 3 is 2.21 bits per heavy atom. The Hall–Kier alpha value is -2.47. The molecule has 5 nitrogen and oxygen atoms in total. The van der Waals surface area contributed by atoms with Crippen LogP contribution in [-0.2, 0) is 9.59 Å². The molecule has 0 heterocycles. The minimum atomic E-state index is -0.232. The molecule has 0 aromatic heterocycles. The van der Waals surface area contributed by atoms with Crippen molar-refractivity contribution >= 4 is 35.0 Å². The van der Waals surface area contributed by atoms with E-state index in [1.807, 2.05) is 60.4 Å². The fraction of sp³-hybridized carbons (Fsp3) is 0.391. The van der Waals surface area contributed by atoms with Crippen molar-refractivity contribution in [2.24, 2.45) is 5.92 Å². The number of carbonyl (C=O) groups is 2. The first-order valence-electron chi connectivity index (χ1n) is 9.90. The highest BCUT2D eigenvalue weighted by Gasteiger charge is 2.36. The maximum atomic E-state index is 13.4. The van der Waals surface area contributed by atoms with E-state index in [0.717, 1.165) is 22.0 Å². The van der Waals surface area contributed by atoms with Gasteiger partial charge in [0.1, 0.15) is 5.75 Å². The summed E-state index contributed by atoms with van der Waals surface area (Å²) < 4.78 is 5.26. The van der Waals surface area contributed by atoms with E-state index in [1.165, 1.54) is 31.5 Å². The van der Waals surface area contributed by atoms with Gasteiger partial charge in [0, 0.05) is 29.2 Å². The summed E-state index contributed by atoms with van der Waals surface area (Å²) in [6, 6.07) is 15.4. The molecular formula is C23H28N2O3S. The molecule has 1 N–H and O–H groups in total. The topological polar surface area (TPSA) is 58.6 Å². The second kappa shape index (κ2) is 9.35. The van der Waals surface area contributed by atoms with E-state index < -0.39 is 0 Å². The maximum Gasteiger partial charge on any atom is 0.240 e. The van der Waals surface area contributed by atoms with Crippen LogP contribution in [0.4, 0.5) is 11.4 Å². The Labute approximate surface area is 176 Å². The lowest BCUT2D eigenvalue weighted by atomic mass is 10.1. The number of thioether (sulfide) groups is 1. The van der Waals surface area contributed by atoms with Gasteiger partial charge in [0.15, 0.2) is 0 Å². The number of amides is 2. The first-order chi connectivity index (χ1) is 13.9. The lowest BCUT2D eigenvalue weighted by molar-refractivity contribution is -0.118. The minimum absolute atomic E-state index is 0.0989. The molecule has 0 spiro atoms. The number of methoxy groups -OCH3 is 1. The SMILES string of the molecule is COc1ccc(N(C(=O)C(C)Sc2ccc(NC(C)=O)cc2)C(C)C2CC2)cc1. The van der Waals surface area contributed by atoms with Crippen molar-refractivity contribution in [3.8, 4) is 5.75 Å². The van der Waals surface area contributed by atoms with Crippen LogP contribution in [-0.4, -0.2) is 30.2 Å². The predicted molar refractivity (Wildman–Crippen MR) is 119 cm³/mol. The maximum absolute atomic E-state index is 13.4. The molecule has 6 heteroatoms. The fourth-order valence-electron chi connectivity index (χ4n) is 3.37. The monoisotopic (exact) mass is 412 g/mol. The van der Waals surface area contributed by atoms with Crippen LogP contribution in [0.2, 0.25) is 0 Å². The number of nitrogens with one attached hydrogen (secondary N) is 1. The van der Waals surface area contributed by atoms with Crippen LogP contribution in [0.3, 0.4) is 0 Å². The van der Waals surface area contributed by atoms with Gasteiger partial charge in [-0.25, -0.2) is 0 Å². The fourth-order valence-corrected chi connectivity index (χ4v) is 4.28. The average molecular weight is 413 g/mol. The number of anilines is 2. The van der Waals surface area contributed by atoms with Crippen LogP contribution in [0.5, 0.6) is 5.75 Å². The summed E-state index contributed by atoms with van der Waals surface area (Å²) in [4.78, 5) is 27.5. The molecule has 154 valence electrons. The number of carbonyl (C=O) groups excluding carboxylic acids is 2. The lowest BCUT2D eigenvalue weighted by Crippen LogP contribution is -2.44. The van der Waals surface area contributed by atoms with Crippen molar-refractivity contribution in [2.75, 3.05) is 17.3 Å². The average Bonchev–Trinajstić information content (AvgIpc) is 3.55. The Bertz CT molecular complexity index is 847. The number of hydrogen-bond acceptors (Lipinski definition) is 4. The van der Waals surface area contributed by atoms with E-state index in [1.54, 1.807) is 7.11 Å². The Morgan fingerprint density at radius 2 is 1.69 bits per heavy atom. The van der Waals surface area contributed by atoms with Gasteiger partial charge in [-0.3, -0.25) is 9.59 Å². The third-order valence-corrected chi connectivity index (χ3v) is 6.23. The van der Waals surface area contributed by atoms with Gasteiger partial charge in [-0.05, 0) is 81.1 Å². The van der Waals surface area contributed by atoms with Crippen LogP contribution in [0.1, 0.15) is 33.6 Å². The molecule has 0 radical (unpaired) electrons. The van der Waals surface area contributed by atoms with Crippen molar-refractivity contribution in [1.29, 1.82) is 0 Å². The van der Waals surface area contributed by atoms with Crippen molar-refractivity contribution in [3.05, 3.63) is 48.5 Å². The summed E-state index contributed by atoms with van der Waals surface area (Å²) in [6.07, 6.45) is 2.35. The van der Waals surface area contributed by atoms with Crippen LogP contribution in [0.15, 0.2) is 53.4 Å². The van der Waals surface area contributed by atoms with Gasteiger partial charge in [-0.2, -0.15) is 0 Å². The quantitative estimate of drug-likeness (QED) is 0.622. The highest BCUT2D eigenvalue weighted by molar-refractivity contribution is 8.00. The summed E-state index contributed by atoms with van der Waals surface area (Å²) in [7, 11) is 1.64. The third kappa shape index (κ3) is 5.54. The number of rotatable bonds is 8. The first kappa shape index (κ1) is 21.2. The number of ether oxygens (including phenoxy) is 1. The molecule has 1 fully saturated rings. The van der Waals surface area contributed by atoms with Crippen LogP contribution in [0.25, 0.3) is 0 Å². The minimum Gasteiger partial charge on any atom is -0.497 e. The molecule has 2 amide bonds. The summed E-state index contributed by atoms with van der Waals surface area (Å²) in [6.45, 7) is 5.57. The normalized spacial score (nSPS) is 15.3. The second-order valence-corrected chi connectivity index (χ2v) is 8.86. The molecule has 1 aliphatic rings. The van der Waals surface area contributed by atoms with Crippen molar-refractivity contribution in [2.45, 2.75) is 49.8 Å². The summed E-state index contributed by atoms with van der Waals surface area (Å²) >= 11 is 1.53. The number of nitrogens with zero attached hydrogens (tertiary/aromatic N) is 1. The lowest BCUT2D eigenvalue weighted by Gasteiger charge is -2.32. The molecule has 0 saturated heterocycles. The van der Waals surface area contributed by atoms with E-state index in [-0.39, 0.29) is 23.1 Å². The summed E-state index contributed by atoms with van der Waals surface area (Å²) in [5.41, 5.74) is 1.66. The van der Waals surface area contributed by atoms with E-state index in [9.17, 15) is 9.59 Å². The van der Waals surface area contributed by atoms with Gasteiger partial charge < -0.3 is 15.0 Å². The highest BCUT2D eigenvalue weighted by Crippen LogP contribution is 2.38. The molecule has 2 atom stereocenters. The predicted octanol–water partition coefficient (Wildman–Crippen LogP) is 4.97. The van der Waals surface area contributed by atoms with Gasteiger partial charge >= 0.3 is 0 Å². The van der Waals surface area contributed by atoms with E-state index in [4.69, 9.17) is 4.74 Å². The van der Waals surface area contributed by atoms with Crippen molar-refractivity contribution in [3.63, 3.8) is 0 Å². The van der Waals surface area contributed by atoms with E-state index >= 15 is 0 Å². The zero-order valence-corrected chi connectivity index (χ0v) is 18.2. The van der Waals surface area contributed by atoms with E-state index in [2.05, 4.69) is 12.2 Å².